The zero-order chi connectivity index (χ0) is 14.1. The summed E-state index contributed by atoms with van der Waals surface area (Å²) in [6.45, 7) is 0. The van der Waals surface area contributed by atoms with Crippen LogP contribution in [0.3, 0.4) is 0 Å². The normalized spacial score (nSPS) is 14.1. The Hall–Kier alpha value is -2.50. The molecule has 0 saturated heterocycles. The molecule has 20 heavy (non-hydrogen) atoms. The number of nitrogens with two attached hydrogens (primary N) is 1. The number of benzene rings is 1. The van der Waals surface area contributed by atoms with E-state index in [1.165, 1.54) is 7.11 Å². The fraction of sp³-hybridized carbons (Fsp3) is 0.286. The highest BCUT2D eigenvalue weighted by atomic mass is 16.5. The molecule has 2 aromatic rings. The van der Waals surface area contributed by atoms with Gasteiger partial charge in [0.1, 0.15) is 0 Å². The number of rotatable bonds is 4. The summed E-state index contributed by atoms with van der Waals surface area (Å²) >= 11 is 0. The number of anilines is 1. The van der Waals surface area contributed by atoms with Gasteiger partial charge in [-0.15, -0.1) is 0 Å². The number of nitrogens with zero attached hydrogens (tertiary/aromatic N) is 2. The van der Waals surface area contributed by atoms with E-state index in [1.54, 1.807) is 35.2 Å². The second-order valence-corrected chi connectivity index (χ2v) is 4.69. The fourth-order valence-electron chi connectivity index (χ4n) is 1.99. The van der Waals surface area contributed by atoms with Gasteiger partial charge in [0.2, 0.25) is 0 Å². The summed E-state index contributed by atoms with van der Waals surface area (Å²) in [6.07, 6.45) is 5.28. The number of hydrogen-bond donors (Lipinski definition) is 1. The molecule has 1 aliphatic carbocycles. The number of nitrogen functional groups attached to an aromatic ring is 1. The van der Waals surface area contributed by atoms with E-state index < -0.39 is 0 Å². The van der Waals surface area contributed by atoms with Crippen LogP contribution in [0.25, 0.3) is 0 Å². The lowest BCUT2D eigenvalue weighted by Gasteiger charge is -2.11. The van der Waals surface area contributed by atoms with E-state index >= 15 is 0 Å². The lowest BCUT2D eigenvalue weighted by Crippen LogP contribution is -2.20. The third-order valence-corrected chi connectivity index (χ3v) is 3.17. The first kappa shape index (κ1) is 12.5. The van der Waals surface area contributed by atoms with Crippen LogP contribution >= 0.6 is 0 Å². The molecule has 1 fully saturated rings. The first-order valence-corrected chi connectivity index (χ1v) is 6.37. The lowest BCUT2D eigenvalue weighted by atomic mass is 10.3. The van der Waals surface area contributed by atoms with Crippen molar-refractivity contribution in [3.05, 3.63) is 40.9 Å². The summed E-state index contributed by atoms with van der Waals surface area (Å²) in [6, 6.07) is 5.27. The largest absolute Gasteiger partial charge is 0.493 e. The second kappa shape index (κ2) is 4.88. The Labute approximate surface area is 115 Å². The molecule has 1 aromatic heterocycles. The van der Waals surface area contributed by atoms with Crippen molar-refractivity contribution >= 4 is 5.69 Å². The number of ether oxygens (including phenoxy) is 2. The lowest BCUT2D eigenvalue weighted by molar-refractivity contribution is 0.370. The minimum atomic E-state index is -0.237. The average molecular weight is 273 g/mol. The molecule has 0 unspecified atom stereocenters. The zero-order valence-corrected chi connectivity index (χ0v) is 11.1. The van der Waals surface area contributed by atoms with Crippen LogP contribution in [0.1, 0.15) is 18.9 Å². The van der Waals surface area contributed by atoms with Gasteiger partial charge in [-0.3, -0.25) is 4.79 Å². The standard InChI is InChI=1S/C14H15N3O3/c1-19-11-5-2-9(15)8-12(11)20-13-14(18)17(7-6-16-13)10-3-4-10/h2,5-8,10H,3-4,15H2,1H3. The van der Waals surface area contributed by atoms with Crippen LogP contribution in [0.2, 0.25) is 0 Å². The highest BCUT2D eigenvalue weighted by Crippen LogP contribution is 2.34. The monoisotopic (exact) mass is 273 g/mol. The van der Waals surface area contributed by atoms with Crippen LogP contribution in [0, 0.1) is 0 Å². The van der Waals surface area contributed by atoms with E-state index in [-0.39, 0.29) is 17.5 Å². The third kappa shape index (κ3) is 2.32. The van der Waals surface area contributed by atoms with Gasteiger partial charge in [0, 0.05) is 30.2 Å². The van der Waals surface area contributed by atoms with E-state index in [1.807, 2.05) is 0 Å². The maximum atomic E-state index is 12.2. The summed E-state index contributed by atoms with van der Waals surface area (Å²) in [7, 11) is 1.53. The van der Waals surface area contributed by atoms with E-state index in [9.17, 15) is 4.79 Å². The SMILES string of the molecule is COc1ccc(N)cc1Oc1nccn(C2CC2)c1=O. The molecule has 0 aliphatic heterocycles. The molecule has 1 aromatic carbocycles. The minimum Gasteiger partial charge on any atom is -0.493 e. The van der Waals surface area contributed by atoms with Gasteiger partial charge >= 0.3 is 5.56 Å². The maximum absolute atomic E-state index is 12.2. The van der Waals surface area contributed by atoms with Gasteiger partial charge in [-0.2, -0.15) is 0 Å². The van der Waals surface area contributed by atoms with Gasteiger partial charge in [-0.25, -0.2) is 4.98 Å². The topological polar surface area (TPSA) is 79.4 Å². The average Bonchev–Trinajstić information content (AvgIpc) is 3.26. The van der Waals surface area contributed by atoms with E-state index in [0.717, 1.165) is 12.8 Å². The number of hydrogen-bond acceptors (Lipinski definition) is 5. The smallest absolute Gasteiger partial charge is 0.313 e. The Kier molecular flexibility index (Phi) is 3.06. The molecule has 6 nitrogen and oxygen atoms in total. The molecule has 1 saturated carbocycles. The van der Waals surface area contributed by atoms with Crippen molar-refractivity contribution in [3.8, 4) is 17.4 Å². The van der Waals surface area contributed by atoms with Crippen molar-refractivity contribution < 1.29 is 9.47 Å². The van der Waals surface area contributed by atoms with Gasteiger partial charge in [-0.05, 0) is 25.0 Å². The van der Waals surface area contributed by atoms with Crippen LogP contribution in [-0.4, -0.2) is 16.7 Å². The van der Waals surface area contributed by atoms with Gasteiger partial charge in [0.05, 0.1) is 7.11 Å². The van der Waals surface area contributed by atoms with Gasteiger partial charge < -0.3 is 19.8 Å². The van der Waals surface area contributed by atoms with Crippen molar-refractivity contribution in [3.63, 3.8) is 0 Å². The summed E-state index contributed by atoms with van der Waals surface area (Å²) in [4.78, 5) is 16.2. The van der Waals surface area contributed by atoms with Gasteiger partial charge in [0.15, 0.2) is 11.5 Å². The first-order chi connectivity index (χ1) is 9.69. The van der Waals surface area contributed by atoms with Crippen LogP contribution < -0.4 is 20.8 Å². The molecule has 1 aliphatic rings. The van der Waals surface area contributed by atoms with E-state index in [0.29, 0.717) is 17.2 Å². The summed E-state index contributed by atoms with van der Waals surface area (Å²) < 4.78 is 12.4. The summed E-state index contributed by atoms with van der Waals surface area (Å²) in [5, 5.41) is 0. The molecule has 6 heteroatoms. The molecule has 2 N–H and O–H groups in total. The van der Waals surface area contributed by atoms with Gasteiger partial charge in [0.25, 0.3) is 5.88 Å². The Morgan fingerprint density at radius 1 is 1.35 bits per heavy atom. The Morgan fingerprint density at radius 2 is 2.15 bits per heavy atom. The molecule has 0 spiro atoms. The number of aromatic nitrogens is 2. The molecule has 104 valence electrons. The third-order valence-electron chi connectivity index (χ3n) is 3.17. The molecule has 0 bridgehead atoms. The van der Waals surface area contributed by atoms with Crippen molar-refractivity contribution in [1.29, 1.82) is 0 Å². The molecule has 0 amide bonds. The fourth-order valence-corrected chi connectivity index (χ4v) is 1.99. The Morgan fingerprint density at radius 3 is 2.85 bits per heavy atom. The van der Waals surface area contributed by atoms with Crippen molar-refractivity contribution in [1.82, 2.24) is 9.55 Å². The van der Waals surface area contributed by atoms with E-state index in [2.05, 4.69) is 4.98 Å². The van der Waals surface area contributed by atoms with Crippen LogP contribution in [0.5, 0.6) is 17.4 Å². The molecule has 0 radical (unpaired) electrons. The van der Waals surface area contributed by atoms with Crippen molar-refractivity contribution in [2.45, 2.75) is 18.9 Å². The maximum Gasteiger partial charge on any atom is 0.313 e. The second-order valence-electron chi connectivity index (χ2n) is 4.69. The molecule has 3 rings (SSSR count). The predicted octanol–water partition coefficient (Wildman–Crippen LogP) is 1.96. The van der Waals surface area contributed by atoms with Crippen LogP contribution in [0.15, 0.2) is 35.4 Å². The highest BCUT2D eigenvalue weighted by Gasteiger charge is 2.25. The molecular formula is C14H15N3O3. The Balaban J connectivity index is 1.97. The van der Waals surface area contributed by atoms with Crippen molar-refractivity contribution in [2.75, 3.05) is 12.8 Å². The number of methoxy groups -OCH3 is 1. The van der Waals surface area contributed by atoms with Crippen molar-refractivity contribution in [2.24, 2.45) is 0 Å². The van der Waals surface area contributed by atoms with Crippen LogP contribution in [-0.2, 0) is 0 Å². The Bertz CT molecular complexity index is 692. The molecule has 0 atom stereocenters. The molecular weight excluding hydrogens is 258 g/mol. The van der Waals surface area contributed by atoms with Gasteiger partial charge in [-0.1, -0.05) is 0 Å². The summed E-state index contributed by atoms with van der Waals surface area (Å²) in [5.41, 5.74) is 6.01. The first-order valence-electron chi connectivity index (χ1n) is 6.37. The highest BCUT2D eigenvalue weighted by molar-refractivity contribution is 5.52. The minimum absolute atomic E-state index is 0.0308. The quantitative estimate of drug-likeness (QED) is 0.861. The van der Waals surface area contributed by atoms with E-state index in [4.69, 9.17) is 15.2 Å². The summed E-state index contributed by atoms with van der Waals surface area (Å²) in [5.74, 6) is 0.913. The van der Waals surface area contributed by atoms with Crippen LogP contribution in [0.4, 0.5) is 5.69 Å². The molecule has 1 heterocycles. The predicted molar refractivity (Wildman–Crippen MR) is 74.2 cm³/mol. The zero-order valence-electron chi connectivity index (χ0n) is 11.1.